The summed E-state index contributed by atoms with van der Waals surface area (Å²) >= 11 is 0. The third-order valence-corrected chi connectivity index (χ3v) is 4.82. The lowest BCUT2D eigenvalue weighted by Gasteiger charge is -2.26. The first-order valence-corrected chi connectivity index (χ1v) is 8.72. The molecule has 2 heterocycles. The van der Waals surface area contributed by atoms with Crippen LogP contribution < -0.4 is 10.9 Å². The van der Waals surface area contributed by atoms with Gasteiger partial charge in [0.2, 0.25) is 5.91 Å². The van der Waals surface area contributed by atoms with Gasteiger partial charge in [0, 0.05) is 18.5 Å². The highest BCUT2D eigenvalue weighted by molar-refractivity contribution is 5.83. The summed E-state index contributed by atoms with van der Waals surface area (Å²) in [4.78, 5) is 14.6. The number of nitrogens with one attached hydrogen (secondary N) is 2. The number of carbonyl (C=O) groups is 1. The van der Waals surface area contributed by atoms with Crippen LogP contribution in [0.1, 0.15) is 45.4 Å². The number of hydrazine groups is 1. The van der Waals surface area contributed by atoms with Crippen LogP contribution in [0.15, 0.2) is 34.7 Å². The third kappa shape index (κ3) is 3.47. The number of amides is 1. The number of para-hydroxylation sites is 1. The molecule has 1 fully saturated rings. The van der Waals surface area contributed by atoms with Crippen LogP contribution >= 0.6 is 0 Å². The standard InChI is InChI=1S/C19H27N3O2/c1-12(2)9-15-11-16(21-20-15)19(23)22(4)13(3)18-10-14-7-5-6-8-17(14)24-18/h5-8,10,12-13,15-16,20-21H,9,11H2,1-4H3. The summed E-state index contributed by atoms with van der Waals surface area (Å²) < 4.78 is 5.91. The number of benzene rings is 1. The fraction of sp³-hybridized carbons (Fsp3) is 0.526. The van der Waals surface area contributed by atoms with Crippen LogP contribution in [0.5, 0.6) is 0 Å². The molecule has 24 heavy (non-hydrogen) atoms. The minimum atomic E-state index is -0.175. The number of hydrogen-bond acceptors (Lipinski definition) is 4. The van der Waals surface area contributed by atoms with E-state index in [0.29, 0.717) is 12.0 Å². The monoisotopic (exact) mass is 329 g/mol. The normalized spacial score (nSPS) is 22.2. The zero-order valence-electron chi connectivity index (χ0n) is 14.9. The molecule has 1 aliphatic heterocycles. The molecule has 1 aromatic carbocycles. The second kappa shape index (κ2) is 6.95. The van der Waals surface area contributed by atoms with Crippen LogP contribution in [0.4, 0.5) is 0 Å². The van der Waals surface area contributed by atoms with E-state index in [1.165, 1.54) is 0 Å². The summed E-state index contributed by atoms with van der Waals surface area (Å²) in [5, 5.41) is 1.07. The Bertz CT molecular complexity index is 676. The van der Waals surface area contributed by atoms with Crippen molar-refractivity contribution >= 4 is 16.9 Å². The molecule has 0 saturated carbocycles. The average Bonchev–Trinajstić information content (AvgIpc) is 3.18. The summed E-state index contributed by atoms with van der Waals surface area (Å²) in [7, 11) is 1.84. The Morgan fingerprint density at radius 2 is 2.04 bits per heavy atom. The Kier molecular flexibility index (Phi) is 4.92. The minimum Gasteiger partial charge on any atom is -0.459 e. The molecule has 130 valence electrons. The van der Waals surface area contributed by atoms with Crippen LogP contribution in [0.2, 0.25) is 0 Å². The maximum absolute atomic E-state index is 12.8. The third-order valence-electron chi connectivity index (χ3n) is 4.82. The molecule has 0 radical (unpaired) electrons. The number of carbonyl (C=O) groups excluding carboxylic acids is 1. The predicted molar refractivity (Wildman–Crippen MR) is 95.3 cm³/mol. The maximum Gasteiger partial charge on any atom is 0.241 e. The summed E-state index contributed by atoms with van der Waals surface area (Å²) in [6.07, 6.45) is 1.90. The smallest absolute Gasteiger partial charge is 0.241 e. The van der Waals surface area contributed by atoms with Crippen molar-refractivity contribution in [1.82, 2.24) is 15.8 Å². The maximum atomic E-state index is 12.8. The first kappa shape index (κ1) is 17.0. The molecule has 0 spiro atoms. The van der Waals surface area contributed by atoms with Crippen LogP contribution in [-0.2, 0) is 4.79 Å². The number of rotatable bonds is 5. The molecule has 3 unspecified atom stereocenters. The van der Waals surface area contributed by atoms with E-state index in [1.807, 2.05) is 44.3 Å². The van der Waals surface area contributed by atoms with Crippen LogP contribution in [0.3, 0.4) is 0 Å². The van der Waals surface area contributed by atoms with Gasteiger partial charge in [0.25, 0.3) is 0 Å². The fourth-order valence-electron chi connectivity index (χ4n) is 3.34. The van der Waals surface area contributed by atoms with Crippen molar-refractivity contribution in [3.63, 3.8) is 0 Å². The molecular weight excluding hydrogens is 302 g/mol. The predicted octanol–water partition coefficient (Wildman–Crippen LogP) is 3.23. The van der Waals surface area contributed by atoms with Gasteiger partial charge in [-0.1, -0.05) is 32.0 Å². The minimum absolute atomic E-state index is 0.0988. The van der Waals surface area contributed by atoms with Gasteiger partial charge in [0.1, 0.15) is 17.4 Å². The molecule has 1 aliphatic rings. The van der Waals surface area contributed by atoms with Gasteiger partial charge in [-0.2, -0.15) is 0 Å². The molecular formula is C19H27N3O2. The number of likely N-dealkylation sites (N-methyl/N-ethyl adjacent to an activating group) is 1. The topological polar surface area (TPSA) is 57.5 Å². The first-order valence-electron chi connectivity index (χ1n) is 8.72. The highest BCUT2D eigenvalue weighted by atomic mass is 16.3. The van der Waals surface area contributed by atoms with Crippen molar-refractivity contribution in [2.45, 2.75) is 51.7 Å². The fourth-order valence-corrected chi connectivity index (χ4v) is 3.34. The summed E-state index contributed by atoms with van der Waals surface area (Å²) in [5.41, 5.74) is 7.27. The quantitative estimate of drug-likeness (QED) is 0.884. The van der Waals surface area contributed by atoms with Gasteiger partial charge in [-0.25, -0.2) is 5.43 Å². The van der Waals surface area contributed by atoms with Gasteiger partial charge < -0.3 is 9.32 Å². The number of fused-ring (bicyclic) bond motifs is 1. The molecule has 2 N–H and O–H groups in total. The molecule has 0 bridgehead atoms. The van der Waals surface area contributed by atoms with E-state index < -0.39 is 0 Å². The Hall–Kier alpha value is -1.85. The van der Waals surface area contributed by atoms with E-state index in [9.17, 15) is 4.79 Å². The second-order valence-electron chi connectivity index (χ2n) is 7.22. The SMILES string of the molecule is CC(C)CC1CC(C(=O)N(C)C(C)c2cc3ccccc3o2)NN1. The molecule has 1 saturated heterocycles. The highest BCUT2D eigenvalue weighted by Crippen LogP contribution is 2.27. The van der Waals surface area contributed by atoms with E-state index in [4.69, 9.17) is 4.42 Å². The van der Waals surface area contributed by atoms with Crippen molar-refractivity contribution in [2.75, 3.05) is 7.05 Å². The lowest BCUT2D eigenvalue weighted by molar-refractivity contribution is -0.134. The number of furan rings is 1. The van der Waals surface area contributed by atoms with Gasteiger partial charge in [0.15, 0.2) is 0 Å². The van der Waals surface area contributed by atoms with Crippen LogP contribution in [-0.4, -0.2) is 29.9 Å². The zero-order chi connectivity index (χ0) is 17.3. The highest BCUT2D eigenvalue weighted by Gasteiger charge is 2.33. The van der Waals surface area contributed by atoms with E-state index in [2.05, 4.69) is 24.7 Å². The first-order chi connectivity index (χ1) is 11.5. The van der Waals surface area contributed by atoms with E-state index in [-0.39, 0.29) is 18.0 Å². The Balaban J connectivity index is 1.66. The molecule has 5 heteroatoms. The van der Waals surface area contributed by atoms with Crippen molar-refractivity contribution in [3.05, 3.63) is 36.1 Å². The molecule has 5 nitrogen and oxygen atoms in total. The van der Waals surface area contributed by atoms with Crippen LogP contribution in [0, 0.1) is 5.92 Å². The van der Waals surface area contributed by atoms with Gasteiger partial charge in [-0.05, 0) is 37.8 Å². The molecule has 2 aromatic rings. The van der Waals surface area contributed by atoms with E-state index in [0.717, 1.165) is 29.6 Å². The summed E-state index contributed by atoms with van der Waals surface area (Å²) in [5.74, 6) is 1.53. The molecule has 3 atom stereocenters. The Labute approximate surface area is 143 Å². The zero-order valence-corrected chi connectivity index (χ0v) is 14.9. The molecule has 0 aliphatic carbocycles. The number of nitrogens with zero attached hydrogens (tertiary/aromatic N) is 1. The van der Waals surface area contributed by atoms with Crippen molar-refractivity contribution in [3.8, 4) is 0 Å². The Morgan fingerprint density at radius 3 is 2.75 bits per heavy atom. The van der Waals surface area contributed by atoms with Crippen LogP contribution in [0.25, 0.3) is 11.0 Å². The van der Waals surface area contributed by atoms with E-state index in [1.54, 1.807) is 4.90 Å². The van der Waals surface area contributed by atoms with E-state index >= 15 is 0 Å². The van der Waals surface area contributed by atoms with Gasteiger partial charge >= 0.3 is 0 Å². The van der Waals surface area contributed by atoms with Gasteiger partial charge in [0.05, 0.1) is 6.04 Å². The largest absolute Gasteiger partial charge is 0.459 e. The van der Waals surface area contributed by atoms with Gasteiger partial charge in [-0.3, -0.25) is 10.2 Å². The lowest BCUT2D eigenvalue weighted by atomic mass is 9.99. The molecule has 1 amide bonds. The molecule has 3 rings (SSSR count). The van der Waals surface area contributed by atoms with Gasteiger partial charge in [-0.15, -0.1) is 0 Å². The average molecular weight is 329 g/mol. The second-order valence-corrected chi connectivity index (χ2v) is 7.22. The lowest BCUT2D eigenvalue weighted by Crippen LogP contribution is -2.45. The van der Waals surface area contributed by atoms with Crippen molar-refractivity contribution < 1.29 is 9.21 Å². The summed E-state index contributed by atoms with van der Waals surface area (Å²) in [6, 6.07) is 10.0. The molecule has 1 aromatic heterocycles. The van der Waals surface area contributed by atoms with Crippen molar-refractivity contribution in [1.29, 1.82) is 0 Å². The Morgan fingerprint density at radius 1 is 1.29 bits per heavy atom. The number of hydrogen-bond donors (Lipinski definition) is 2. The van der Waals surface area contributed by atoms with Crippen molar-refractivity contribution in [2.24, 2.45) is 5.92 Å². The summed E-state index contributed by atoms with van der Waals surface area (Å²) in [6.45, 7) is 6.41.